The van der Waals surface area contributed by atoms with Crippen LogP contribution in [-0.2, 0) is 0 Å². The van der Waals surface area contributed by atoms with Gasteiger partial charge in [-0.3, -0.25) is 0 Å². The molecule has 0 radical (unpaired) electrons. The fourth-order valence-corrected chi connectivity index (χ4v) is 22.8. The minimum absolute atomic E-state index is 0.653. The fraction of sp³-hybridized carbons (Fsp3) is 0. The quantitative estimate of drug-likeness (QED) is 0.0755. The summed E-state index contributed by atoms with van der Waals surface area (Å²) in [5.41, 5.74) is 13.9. The maximum atomic E-state index is 5.82. The van der Waals surface area contributed by atoms with Crippen LogP contribution < -0.4 is 41.5 Å². The predicted molar refractivity (Wildman–Crippen MR) is 367 cm³/mol. The Bertz CT molecular complexity index is 4230. The highest BCUT2D eigenvalue weighted by atomic mass is 28.3. The SMILES string of the molecule is c1ccc(-c2cccc(-c3cc(-c4cccc(-c5ccccc5)c4)nc(-c4cc([Si](c5ccccc5)(c5ccccc5)c5cccc(-c6ccccc6)c5)cc([Si](c5ccccc5)(c5ccccc5)c5cccc(-c6ccccc6)c5)c4)n3)c2)cc1. The molecule has 0 N–H and O–H groups in total. The first kappa shape index (κ1) is 53.4. The molecular formula is C82H60N2Si2. The predicted octanol–water partition coefficient (Wildman–Crippen LogP) is 14.9. The van der Waals surface area contributed by atoms with Gasteiger partial charge >= 0.3 is 0 Å². The van der Waals surface area contributed by atoms with E-state index in [0.717, 1.165) is 50.3 Å². The minimum atomic E-state index is -3.38. The van der Waals surface area contributed by atoms with Crippen LogP contribution in [0.25, 0.3) is 78.4 Å². The molecule has 13 aromatic carbocycles. The fourth-order valence-electron chi connectivity index (χ4n) is 12.9. The lowest BCUT2D eigenvalue weighted by Gasteiger charge is -2.38. The van der Waals surface area contributed by atoms with Crippen LogP contribution in [0.4, 0.5) is 0 Å². The normalized spacial score (nSPS) is 11.5. The van der Waals surface area contributed by atoms with E-state index in [0.29, 0.717) is 5.82 Å². The van der Waals surface area contributed by atoms with Gasteiger partial charge in [0.05, 0.1) is 11.4 Å². The number of nitrogens with zero attached hydrogens (tertiary/aromatic N) is 2. The second-order valence-corrected chi connectivity index (χ2v) is 29.6. The summed E-state index contributed by atoms with van der Waals surface area (Å²) in [5.74, 6) is 0.653. The molecule has 0 amide bonds. The van der Waals surface area contributed by atoms with Crippen molar-refractivity contribution in [2.45, 2.75) is 0 Å². The second-order valence-electron chi connectivity index (χ2n) is 22.0. The molecule has 1 heterocycles. The maximum Gasteiger partial charge on any atom is 0.179 e. The van der Waals surface area contributed by atoms with Gasteiger partial charge in [0.2, 0.25) is 0 Å². The Morgan fingerprint density at radius 3 is 0.698 bits per heavy atom. The molecule has 4 heteroatoms. The van der Waals surface area contributed by atoms with Crippen molar-refractivity contribution in [3.63, 3.8) is 0 Å². The summed E-state index contributed by atoms with van der Waals surface area (Å²) >= 11 is 0. The Balaban J connectivity index is 1.14. The summed E-state index contributed by atoms with van der Waals surface area (Å²) in [5, 5.41) is 10.2. The van der Waals surface area contributed by atoms with E-state index in [1.54, 1.807) is 0 Å². The molecule has 0 aliphatic heterocycles. The van der Waals surface area contributed by atoms with Crippen LogP contribution in [0.1, 0.15) is 0 Å². The van der Waals surface area contributed by atoms with Gasteiger partial charge in [-0.05, 0) is 104 Å². The van der Waals surface area contributed by atoms with Crippen LogP contribution >= 0.6 is 0 Å². The van der Waals surface area contributed by atoms with Crippen molar-refractivity contribution in [2.24, 2.45) is 0 Å². The zero-order chi connectivity index (χ0) is 57.5. The largest absolute Gasteiger partial charge is 0.228 e. The number of rotatable bonds is 15. The van der Waals surface area contributed by atoms with E-state index in [9.17, 15) is 0 Å². The van der Waals surface area contributed by atoms with E-state index >= 15 is 0 Å². The third-order valence-corrected chi connectivity index (χ3v) is 26.4. The third kappa shape index (κ3) is 10.3. The Kier molecular flexibility index (Phi) is 14.8. The van der Waals surface area contributed by atoms with Gasteiger partial charge in [0.25, 0.3) is 0 Å². The van der Waals surface area contributed by atoms with Crippen LogP contribution in [0.2, 0.25) is 0 Å². The van der Waals surface area contributed by atoms with Crippen molar-refractivity contribution in [1.82, 2.24) is 9.97 Å². The highest BCUT2D eigenvalue weighted by molar-refractivity contribution is 7.22. The zero-order valence-corrected chi connectivity index (χ0v) is 49.5. The Hall–Kier alpha value is -10.6. The molecule has 0 aliphatic carbocycles. The van der Waals surface area contributed by atoms with Gasteiger partial charge in [-0.25, -0.2) is 9.97 Å². The molecule has 0 fully saturated rings. The molecule has 0 unspecified atom stereocenters. The van der Waals surface area contributed by atoms with Crippen molar-refractivity contribution in [3.05, 3.63) is 364 Å². The summed E-state index contributed by atoms with van der Waals surface area (Å²) in [6.45, 7) is 0. The van der Waals surface area contributed by atoms with Gasteiger partial charge in [-0.1, -0.05) is 346 Å². The van der Waals surface area contributed by atoms with Gasteiger partial charge in [0.1, 0.15) is 0 Å². The summed E-state index contributed by atoms with van der Waals surface area (Å²) < 4.78 is 0. The molecule has 1 aromatic heterocycles. The van der Waals surface area contributed by atoms with Crippen molar-refractivity contribution in [3.8, 4) is 78.4 Å². The smallest absolute Gasteiger partial charge is 0.179 e. The standard InChI is InChI=1S/C82H60N2Si2/c1-9-29-61(30-10-1)65-37-25-41-69(53-65)80-60-81(70-42-26-38-66(54-70)62-31-11-2-12-32-62)84-82(83-80)71-57-78(85(72-43-17-5-18-44-72,73-45-19-6-20-46-73)76-51-27-39-67(55-76)63-33-13-3-14-34-63)59-79(58-71)86(74-47-21-7-22-48-74,75-49-23-8-24-50-75)77-52-28-40-68(56-77)64-35-15-4-16-36-64/h1-60H. The Labute approximate surface area is 506 Å². The summed E-state index contributed by atoms with van der Waals surface area (Å²) in [6.07, 6.45) is 0. The number of hydrogen-bond donors (Lipinski definition) is 0. The number of benzene rings is 13. The average Bonchev–Trinajstić information content (AvgIpc) is 1.14. The monoisotopic (exact) mass is 1130 g/mol. The van der Waals surface area contributed by atoms with Crippen LogP contribution in [0.15, 0.2) is 364 Å². The molecule has 14 aromatic rings. The van der Waals surface area contributed by atoms with E-state index < -0.39 is 16.1 Å². The van der Waals surface area contributed by atoms with Crippen molar-refractivity contribution in [1.29, 1.82) is 0 Å². The van der Waals surface area contributed by atoms with Crippen LogP contribution in [0.3, 0.4) is 0 Å². The molecule has 0 saturated carbocycles. The van der Waals surface area contributed by atoms with Gasteiger partial charge in [-0.2, -0.15) is 0 Å². The summed E-state index contributed by atoms with van der Waals surface area (Å²) in [7, 11) is -6.77. The Morgan fingerprint density at radius 2 is 0.384 bits per heavy atom. The van der Waals surface area contributed by atoms with Crippen LogP contribution in [0, 0.1) is 0 Å². The van der Waals surface area contributed by atoms with Gasteiger partial charge in [-0.15, -0.1) is 0 Å². The first-order valence-electron chi connectivity index (χ1n) is 29.5. The van der Waals surface area contributed by atoms with Gasteiger partial charge in [0.15, 0.2) is 22.0 Å². The molecule has 2 nitrogen and oxygen atoms in total. The van der Waals surface area contributed by atoms with Crippen LogP contribution in [0.5, 0.6) is 0 Å². The molecule has 86 heavy (non-hydrogen) atoms. The van der Waals surface area contributed by atoms with E-state index in [1.807, 2.05) is 0 Å². The molecule has 0 spiro atoms. The van der Waals surface area contributed by atoms with Gasteiger partial charge < -0.3 is 0 Å². The average molecular weight is 1130 g/mol. The number of aromatic nitrogens is 2. The zero-order valence-electron chi connectivity index (χ0n) is 47.5. The first-order valence-corrected chi connectivity index (χ1v) is 33.5. The highest BCUT2D eigenvalue weighted by Gasteiger charge is 2.46. The molecule has 14 rings (SSSR count). The lowest BCUT2D eigenvalue weighted by atomic mass is 9.99. The first-order chi connectivity index (χ1) is 42.6. The second kappa shape index (κ2) is 23.9. The Morgan fingerprint density at radius 1 is 0.151 bits per heavy atom. The van der Waals surface area contributed by atoms with E-state index in [1.165, 1.54) is 63.7 Å². The summed E-state index contributed by atoms with van der Waals surface area (Å²) in [6, 6.07) is 134. The molecule has 406 valence electrons. The third-order valence-electron chi connectivity index (χ3n) is 16.9. The molecule has 0 bridgehead atoms. The summed E-state index contributed by atoms with van der Waals surface area (Å²) in [4.78, 5) is 11.6. The molecule has 0 atom stereocenters. The van der Waals surface area contributed by atoms with E-state index in [2.05, 4.69) is 364 Å². The van der Waals surface area contributed by atoms with Gasteiger partial charge in [0, 0.05) is 16.7 Å². The number of hydrogen-bond acceptors (Lipinski definition) is 2. The lowest BCUT2D eigenvalue weighted by Crippen LogP contribution is -2.78. The maximum absolute atomic E-state index is 5.82. The van der Waals surface area contributed by atoms with Crippen molar-refractivity contribution >= 4 is 57.6 Å². The minimum Gasteiger partial charge on any atom is -0.228 e. The molecule has 0 saturated heterocycles. The topological polar surface area (TPSA) is 25.8 Å². The molecular weight excluding hydrogens is 1070 g/mol. The van der Waals surface area contributed by atoms with Crippen molar-refractivity contribution < 1.29 is 0 Å². The van der Waals surface area contributed by atoms with Crippen LogP contribution in [-0.4, -0.2) is 26.1 Å². The van der Waals surface area contributed by atoms with E-state index in [-0.39, 0.29) is 0 Å². The lowest BCUT2D eigenvalue weighted by molar-refractivity contribution is 1.18. The van der Waals surface area contributed by atoms with Crippen molar-refractivity contribution in [2.75, 3.05) is 0 Å². The highest BCUT2D eigenvalue weighted by Crippen LogP contribution is 2.33. The van der Waals surface area contributed by atoms with E-state index in [4.69, 9.17) is 9.97 Å². The molecule has 0 aliphatic rings.